The summed E-state index contributed by atoms with van der Waals surface area (Å²) >= 11 is 6.13. The molecule has 0 aliphatic carbocycles. The minimum absolute atomic E-state index is 0.0103. The molecule has 0 aromatic heterocycles. The fourth-order valence-electron chi connectivity index (χ4n) is 2.65. The molecule has 20 heavy (non-hydrogen) atoms. The third kappa shape index (κ3) is 3.17. The molecular formula is C14H21ClN2O2S. The number of likely N-dealkylation sites (N-methyl/N-ethyl adjacent to an activating group) is 1. The fourth-order valence-corrected chi connectivity index (χ4v) is 4.88. The second kappa shape index (κ2) is 6.43. The van der Waals surface area contributed by atoms with Gasteiger partial charge in [0.2, 0.25) is 10.0 Å². The van der Waals surface area contributed by atoms with Crippen LogP contribution in [0.4, 0.5) is 0 Å². The van der Waals surface area contributed by atoms with Crippen LogP contribution >= 0.6 is 11.6 Å². The Labute approximate surface area is 126 Å². The Morgan fingerprint density at radius 1 is 1.45 bits per heavy atom. The van der Waals surface area contributed by atoms with Crippen molar-refractivity contribution in [3.8, 4) is 0 Å². The number of rotatable bonds is 4. The van der Waals surface area contributed by atoms with Gasteiger partial charge in [0, 0.05) is 19.1 Å². The van der Waals surface area contributed by atoms with Gasteiger partial charge in [-0.05, 0) is 44.0 Å². The molecule has 1 aromatic carbocycles. The van der Waals surface area contributed by atoms with E-state index in [-0.39, 0.29) is 10.9 Å². The molecule has 4 nitrogen and oxygen atoms in total. The van der Waals surface area contributed by atoms with Crippen molar-refractivity contribution >= 4 is 21.6 Å². The van der Waals surface area contributed by atoms with Crippen molar-refractivity contribution in [3.05, 3.63) is 28.8 Å². The summed E-state index contributed by atoms with van der Waals surface area (Å²) in [6.07, 6.45) is 1.89. The van der Waals surface area contributed by atoms with E-state index in [0.29, 0.717) is 18.1 Å². The Kier molecular flexibility index (Phi) is 5.07. The second-order valence-electron chi connectivity index (χ2n) is 5.14. The maximum absolute atomic E-state index is 12.8. The summed E-state index contributed by atoms with van der Waals surface area (Å²) in [6, 6.07) is 5.09. The van der Waals surface area contributed by atoms with E-state index in [9.17, 15) is 8.42 Å². The van der Waals surface area contributed by atoms with Gasteiger partial charge in [-0.1, -0.05) is 24.6 Å². The Morgan fingerprint density at radius 2 is 2.20 bits per heavy atom. The molecule has 112 valence electrons. The maximum Gasteiger partial charge on any atom is 0.244 e. The lowest BCUT2D eigenvalue weighted by Gasteiger charge is -2.33. The van der Waals surface area contributed by atoms with Crippen molar-refractivity contribution in [2.75, 3.05) is 19.6 Å². The first-order chi connectivity index (χ1) is 9.46. The number of nitrogens with zero attached hydrogens (tertiary/aromatic N) is 1. The Morgan fingerprint density at radius 3 is 2.75 bits per heavy atom. The number of halogens is 1. The number of benzene rings is 1. The normalized spacial score (nSPS) is 20.3. The zero-order chi connectivity index (χ0) is 14.8. The summed E-state index contributed by atoms with van der Waals surface area (Å²) in [5.74, 6) is 0. The molecule has 1 saturated heterocycles. The molecule has 0 amide bonds. The van der Waals surface area contributed by atoms with Crippen molar-refractivity contribution in [2.24, 2.45) is 0 Å². The van der Waals surface area contributed by atoms with Gasteiger partial charge in [-0.3, -0.25) is 0 Å². The third-order valence-corrected chi connectivity index (χ3v) is 6.17. The zero-order valence-corrected chi connectivity index (χ0v) is 13.5. The van der Waals surface area contributed by atoms with Crippen molar-refractivity contribution in [2.45, 2.75) is 37.6 Å². The molecule has 1 N–H and O–H groups in total. The van der Waals surface area contributed by atoms with E-state index >= 15 is 0 Å². The lowest BCUT2D eigenvalue weighted by Crippen LogP contribution is -2.48. The first-order valence-corrected chi connectivity index (χ1v) is 8.77. The molecule has 1 aliphatic rings. The first kappa shape index (κ1) is 15.8. The van der Waals surface area contributed by atoms with E-state index < -0.39 is 10.0 Å². The second-order valence-corrected chi connectivity index (χ2v) is 7.41. The highest BCUT2D eigenvalue weighted by molar-refractivity contribution is 7.89. The predicted molar refractivity (Wildman–Crippen MR) is 81.6 cm³/mol. The number of hydrogen-bond donors (Lipinski definition) is 1. The van der Waals surface area contributed by atoms with Gasteiger partial charge in [0.05, 0.1) is 5.02 Å². The average Bonchev–Trinajstić information content (AvgIpc) is 2.40. The summed E-state index contributed by atoms with van der Waals surface area (Å²) in [7, 11) is -3.54. The minimum atomic E-state index is -3.54. The van der Waals surface area contributed by atoms with Gasteiger partial charge >= 0.3 is 0 Å². The molecule has 1 aromatic rings. The average molecular weight is 317 g/mol. The number of piperidine rings is 1. The summed E-state index contributed by atoms with van der Waals surface area (Å²) in [6.45, 7) is 5.88. The standard InChI is InChI=1S/C14H21ClN2O2S/c1-3-17(12-5-4-8-16-10-12)20(18,19)14-7-6-11(2)9-13(14)15/h6-7,9,12,16H,3-5,8,10H2,1-2H3. The molecule has 0 bridgehead atoms. The number of hydrogen-bond acceptors (Lipinski definition) is 3. The monoisotopic (exact) mass is 316 g/mol. The van der Waals surface area contributed by atoms with Gasteiger partial charge in [-0.25, -0.2) is 8.42 Å². The van der Waals surface area contributed by atoms with Crippen molar-refractivity contribution in [1.29, 1.82) is 0 Å². The summed E-state index contributed by atoms with van der Waals surface area (Å²) in [5, 5.41) is 3.56. The molecule has 1 aliphatic heterocycles. The van der Waals surface area contributed by atoms with Gasteiger partial charge in [-0.15, -0.1) is 0 Å². The van der Waals surface area contributed by atoms with Gasteiger partial charge in [0.1, 0.15) is 4.90 Å². The van der Waals surface area contributed by atoms with Crippen LogP contribution in [-0.4, -0.2) is 38.4 Å². The van der Waals surface area contributed by atoms with E-state index in [1.54, 1.807) is 22.5 Å². The van der Waals surface area contributed by atoms with Crippen molar-refractivity contribution in [1.82, 2.24) is 9.62 Å². The van der Waals surface area contributed by atoms with E-state index in [0.717, 1.165) is 24.9 Å². The van der Waals surface area contributed by atoms with Crippen LogP contribution in [0.15, 0.2) is 23.1 Å². The van der Waals surface area contributed by atoms with Gasteiger partial charge in [0.15, 0.2) is 0 Å². The van der Waals surface area contributed by atoms with E-state index in [2.05, 4.69) is 5.32 Å². The predicted octanol–water partition coefficient (Wildman–Crippen LogP) is 2.41. The smallest absolute Gasteiger partial charge is 0.244 e. The van der Waals surface area contributed by atoms with Crippen molar-refractivity contribution in [3.63, 3.8) is 0 Å². The van der Waals surface area contributed by atoms with Gasteiger partial charge in [-0.2, -0.15) is 4.31 Å². The fraction of sp³-hybridized carbons (Fsp3) is 0.571. The van der Waals surface area contributed by atoms with Crippen LogP contribution in [0, 0.1) is 6.92 Å². The van der Waals surface area contributed by atoms with Crippen LogP contribution in [-0.2, 0) is 10.0 Å². The Hall–Kier alpha value is -0.620. The number of aryl methyl sites for hydroxylation is 1. The molecule has 1 heterocycles. The molecule has 6 heteroatoms. The van der Waals surface area contributed by atoms with Gasteiger partial charge in [0.25, 0.3) is 0 Å². The number of nitrogens with one attached hydrogen (secondary N) is 1. The summed E-state index contributed by atoms with van der Waals surface area (Å²) in [4.78, 5) is 0.206. The lowest BCUT2D eigenvalue weighted by molar-refractivity contribution is 0.274. The molecule has 0 spiro atoms. The van der Waals surface area contributed by atoms with E-state index in [1.165, 1.54) is 0 Å². The van der Waals surface area contributed by atoms with Crippen LogP contribution in [0.1, 0.15) is 25.3 Å². The summed E-state index contributed by atoms with van der Waals surface area (Å²) < 4.78 is 27.2. The number of sulfonamides is 1. The topological polar surface area (TPSA) is 49.4 Å². The zero-order valence-electron chi connectivity index (χ0n) is 11.9. The van der Waals surface area contributed by atoms with E-state index in [1.807, 2.05) is 13.8 Å². The third-order valence-electron chi connectivity index (χ3n) is 3.66. The van der Waals surface area contributed by atoms with Crippen LogP contribution in [0.2, 0.25) is 5.02 Å². The quantitative estimate of drug-likeness (QED) is 0.928. The molecule has 1 atom stereocenters. The maximum atomic E-state index is 12.8. The largest absolute Gasteiger partial charge is 0.315 e. The molecular weight excluding hydrogens is 296 g/mol. The Bertz CT molecular complexity index is 569. The molecule has 2 rings (SSSR count). The van der Waals surface area contributed by atoms with Gasteiger partial charge < -0.3 is 5.32 Å². The van der Waals surface area contributed by atoms with Crippen LogP contribution < -0.4 is 5.32 Å². The highest BCUT2D eigenvalue weighted by Gasteiger charge is 2.32. The summed E-state index contributed by atoms with van der Waals surface area (Å²) in [5.41, 5.74) is 0.955. The molecule has 0 saturated carbocycles. The molecule has 1 unspecified atom stereocenters. The van der Waals surface area contributed by atoms with Crippen LogP contribution in [0.5, 0.6) is 0 Å². The Balaban J connectivity index is 2.35. The van der Waals surface area contributed by atoms with Crippen LogP contribution in [0.3, 0.4) is 0 Å². The van der Waals surface area contributed by atoms with Crippen molar-refractivity contribution < 1.29 is 8.42 Å². The highest BCUT2D eigenvalue weighted by atomic mass is 35.5. The van der Waals surface area contributed by atoms with Crippen LogP contribution in [0.25, 0.3) is 0 Å². The molecule has 0 radical (unpaired) electrons. The minimum Gasteiger partial charge on any atom is -0.315 e. The van der Waals surface area contributed by atoms with E-state index in [4.69, 9.17) is 11.6 Å². The lowest BCUT2D eigenvalue weighted by atomic mass is 10.1. The highest BCUT2D eigenvalue weighted by Crippen LogP contribution is 2.28. The SMILES string of the molecule is CCN(C1CCCNC1)S(=O)(=O)c1ccc(C)cc1Cl. The first-order valence-electron chi connectivity index (χ1n) is 6.95. The molecule has 1 fully saturated rings.